The SMILES string of the molecule is CC/C=C/C=C/C=C/C=C/CCCCCC(=O)OCC(COC(=O)CCCCCCCCCCC/C=C/C/C=C/C/C=C/CC)OC(=O)CCCCCCCC/C=C/C=C/CCCCC. The van der Waals surface area contributed by atoms with Crippen molar-refractivity contribution < 1.29 is 28.6 Å². The van der Waals surface area contributed by atoms with E-state index in [0.717, 1.165) is 103 Å². The van der Waals surface area contributed by atoms with Crippen LogP contribution < -0.4 is 0 Å². The zero-order chi connectivity index (χ0) is 47.2. The average Bonchev–Trinajstić information content (AvgIpc) is 3.30. The molecule has 0 spiro atoms. The lowest BCUT2D eigenvalue weighted by Crippen LogP contribution is -2.30. The van der Waals surface area contributed by atoms with Crippen LogP contribution in [0.15, 0.2) is 109 Å². The van der Waals surface area contributed by atoms with Gasteiger partial charge >= 0.3 is 17.9 Å². The number of esters is 3. The van der Waals surface area contributed by atoms with Crippen molar-refractivity contribution in [3.8, 4) is 0 Å². The van der Waals surface area contributed by atoms with Crippen LogP contribution in [0.4, 0.5) is 0 Å². The molecule has 0 aromatic rings. The summed E-state index contributed by atoms with van der Waals surface area (Å²) >= 11 is 0. The van der Waals surface area contributed by atoms with E-state index in [2.05, 4.69) is 93.7 Å². The molecule has 0 aliphatic carbocycles. The summed E-state index contributed by atoms with van der Waals surface area (Å²) < 4.78 is 16.8. The molecule has 0 aromatic heterocycles. The predicted molar refractivity (Wildman–Crippen MR) is 279 cm³/mol. The van der Waals surface area contributed by atoms with E-state index >= 15 is 0 Å². The van der Waals surface area contributed by atoms with E-state index in [9.17, 15) is 14.4 Å². The van der Waals surface area contributed by atoms with Gasteiger partial charge in [-0.1, -0.05) is 220 Å². The predicted octanol–water partition coefficient (Wildman–Crippen LogP) is 17.5. The molecule has 6 nitrogen and oxygen atoms in total. The molecule has 1 atom stereocenters. The first-order valence-electron chi connectivity index (χ1n) is 26.5. The highest BCUT2D eigenvalue weighted by molar-refractivity contribution is 5.71. The molecule has 0 N–H and O–H groups in total. The monoisotopic (exact) mass is 901 g/mol. The Balaban J connectivity index is 4.45. The molecule has 0 aliphatic rings. The molecule has 0 aromatic carbocycles. The molecule has 1 unspecified atom stereocenters. The van der Waals surface area contributed by atoms with Crippen molar-refractivity contribution in [3.63, 3.8) is 0 Å². The Morgan fingerprint density at radius 2 is 0.677 bits per heavy atom. The maximum absolute atomic E-state index is 12.8. The number of allylic oxidation sites excluding steroid dienone is 18. The van der Waals surface area contributed by atoms with Crippen molar-refractivity contribution in [1.29, 1.82) is 0 Å². The van der Waals surface area contributed by atoms with E-state index in [-0.39, 0.29) is 31.1 Å². The molecule has 0 amide bonds. The molecule has 0 rings (SSSR count). The van der Waals surface area contributed by atoms with Gasteiger partial charge in [0.2, 0.25) is 0 Å². The molecular formula is C59H96O6. The van der Waals surface area contributed by atoms with Crippen LogP contribution in [0.2, 0.25) is 0 Å². The second-order valence-electron chi connectivity index (χ2n) is 17.1. The summed E-state index contributed by atoms with van der Waals surface area (Å²) in [5.41, 5.74) is 0. The minimum atomic E-state index is -0.804. The lowest BCUT2D eigenvalue weighted by atomic mass is 10.1. The largest absolute Gasteiger partial charge is 0.462 e. The van der Waals surface area contributed by atoms with Crippen LogP contribution in [0.25, 0.3) is 0 Å². The lowest BCUT2D eigenvalue weighted by molar-refractivity contribution is -0.167. The number of unbranched alkanes of at least 4 members (excludes halogenated alkanes) is 21. The molecule has 0 radical (unpaired) electrons. The third-order valence-corrected chi connectivity index (χ3v) is 10.9. The first kappa shape index (κ1) is 61.1. The Bertz CT molecular complexity index is 1360. The fourth-order valence-corrected chi connectivity index (χ4v) is 6.93. The highest BCUT2D eigenvalue weighted by Gasteiger charge is 2.19. The van der Waals surface area contributed by atoms with Crippen LogP contribution in [-0.4, -0.2) is 37.2 Å². The second kappa shape index (κ2) is 52.7. The Labute approximate surface area is 400 Å². The Hall–Kier alpha value is -3.93. The van der Waals surface area contributed by atoms with Gasteiger partial charge in [-0.3, -0.25) is 14.4 Å². The van der Waals surface area contributed by atoms with E-state index in [1.807, 2.05) is 36.5 Å². The van der Waals surface area contributed by atoms with Crippen LogP contribution in [0, 0.1) is 0 Å². The summed E-state index contributed by atoms with van der Waals surface area (Å²) in [6.45, 7) is 6.30. The molecule has 65 heavy (non-hydrogen) atoms. The summed E-state index contributed by atoms with van der Waals surface area (Å²) in [4.78, 5) is 38.0. The first-order valence-corrected chi connectivity index (χ1v) is 26.5. The van der Waals surface area contributed by atoms with E-state index in [1.165, 1.54) is 83.5 Å². The van der Waals surface area contributed by atoms with Gasteiger partial charge in [-0.25, -0.2) is 0 Å². The highest BCUT2D eigenvalue weighted by Crippen LogP contribution is 2.14. The van der Waals surface area contributed by atoms with Crippen LogP contribution in [0.3, 0.4) is 0 Å². The molecule has 0 saturated carbocycles. The van der Waals surface area contributed by atoms with Gasteiger partial charge < -0.3 is 14.2 Å². The van der Waals surface area contributed by atoms with Crippen molar-refractivity contribution in [1.82, 2.24) is 0 Å². The van der Waals surface area contributed by atoms with Crippen molar-refractivity contribution in [2.24, 2.45) is 0 Å². The maximum Gasteiger partial charge on any atom is 0.306 e. The van der Waals surface area contributed by atoms with Crippen LogP contribution >= 0.6 is 0 Å². The minimum Gasteiger partial charge on any atom is -0.462 e. The number of carbonyl (C=O) groups excluding carboxylic acids is 3. The van der Waals surface area contributed by atoms with Crippen LogP contribution in [-0.2, 0) is 28.6 Å². The molecular weight excluding hydrogens is 805 g/mol. The summed E-state index contributed by atoms with van der Waals surface area (Å²) in [5.74, 6) is -0.962. The molecule has 0 saturated heterocycles. The average molecular weight is 901 g/mol. The minimum absolute atomic E-state index is 0.100. The standard InChI is InChI=1S/C59H96O6/c1-4-7-10-13-16-19-22-25-27-28-29-30-32-34-37-40-43-46-49-52-58(61)64-55-56(54-63-57(60)51-48-45-42-39-36-33-24-21-18-15-12-9-6-3)65-59(62)53-50-47-44-41-38-35-31-26-23-20-17-14-11-8-5-2/h7,9-10,12,15-21,23-27,33,36,56H,4-6,8,11,13-14,22,28-32,34-35,37-55H2,1-3H3/b10-7+,12-9+,18-15+,19-16+,20-17+,24-21+,26-23+,27-25+,36-33+. The van der Waals surface area contributed by atoms with E-state index in [4.69, 9.17) is 14.2 Å². The van der Waals surface area contributed by atoms with Gasteiger partial charge in [0, 0.05) is 19.3 Å². The topological polar surface area (TPSA) is 78.9 Å². The Kier molecular flexibility index (Phi) is 49.5. The van der Waals surface area contributed by atoms with E-state index in [1.54, 1.807) is 0 Å². The molecule has 0 fully saturated rings. The Morgan fingerprint density at radius 1 is 0.338 bits per heavy atom. The Morgan fingerprint density at radius 3 is 1.15 bits per heavy atom. The summed E-state index contributed by atoms with van der Waals surface area (Å²) in [5, 5.41) is 0. The number of ether oxygens (including phenoxy) is 3. The van der Waals surface area contributed by atoms with Crippen LogP contribution in [0.1, 0.15) is 226 Å². The van der Waals surface area contributed by atoms with Crippen molar-refractivity contribution in [3.05, 3.63) is 109 Å². The quantitative estimate of drug-likeness (QED) is 0.0199. The number of hydrogen-bond acceptors (Lipinski definition) is 6. The molecule has 6 heteroatoms. The summed E-state index contributed by atoms with van der Waals surface area (Å²) in [6.07, 6.45) is 70.7. The van der Waals surface area contributed by atoms with Gasteiger partial charge in [0.15, 0.2) is 6.10 Å². The van der Waals surface area contributed by atoms with Crippen LogP contribution in [0.5, 0.6) is 0 Å². The molecule has 0 heterocycles. The lowest BCUT2D eigenvalue weighted by Gasteiger charge is -2.18. The molecule has 0 bridgehead atoms. The van der Waals surface area contributed by atoms with E-state index < -0.39 is 6.10 Å². The zero-order valence-electron chi connectivity index (χ0n) is 42.0. The van der Waals surface area contributed by atoms with Gasteiger partial charge in [-0.15, -0.1) is 0 Å². The smallest absolute Gasteiger partial charge is 0.306 e. The van der Waals surface area contributed by atoms with Gasteiger partial charge in [0.1, 0.15) is 13.2 Å². The van der Waals surface area contributed by atoms with Gasteiger partial charge in [-0.2, -0.15) is 0 Å². The number of carbonyl (C=O) groups is 3. The van der Waals surface area contributed by atoms with Gasteiger partial charge in [0.05, 0.1) is 0 Å². The fraction of sp³-hybridized carbons (Fsp3) is 0.644. The number of hydrogen-bond donors (Lipinski definition) is 0. The normalized spacial score (nSPS) is 13.0. The van der Waals surface area contributed by atoms with Gasteiger partial charge in [0.25, 0.3) is 0 Å². The van der Waals surface area contributed by atoms with Crippen molar-refractivity contribution >= 4 is 17.9 Å². The summed E-state index contributed by atoms with van der Waals surface area (Å²) in [6, 6.07) is 0. The third kappa shape index (κ3) is 50.9. The summed E-state index contributed by atoms with van der Waals surface area (Å²) in [7, 11) is 0. The van der Waals surface area contributed by atoms with Crippen molar-refractivity contribution in [2.45, 2.75) is 232 Å². The maximum atomic E-state index is 12.8. The molecule has 0 aliphatic heterocycles. The number of rotatable bonds is 46. The second-order valence-corrected chi connectivity index (χ2v) is 17.1. The van der Waals surface area contributed by atoms with E-state index in [0.29, 0.717) is 19.3 Å². The third-order valence-electron chi connectivity index (χ3n) is 10.9. The zero-order valence-corrected chi connectivity index (χ0v) is 42.0. The van der Waals surface area contributed by atoms with Gasteiger partial charge in [-0.05, 0) is 96.3 Å². The molecule has 368 valence electrons. The fourth-order valence-electron chi connectivity index (χ4n) is 6.93. The highest BCUT2D eigenvalue weighted by atomic mass is 16.6. The van der Waals surface area contributed by atoms with Crippen molar-refractivity contribution in [2.75, 3.05) is 13.2 Å². The first-order chi connectivity index (χ1) is 32.0.